The van der Waals surface area contributed by atoms with Gasteiger partial charge in [-0.2, -0.15) is 9.57 Å². The van der Waals surface area contributed by atoms with Gasteiger partial charge >= 0.3 is 5.97 Å². The lowest BCUT2D eigenvalue weighted by molar-refractivity contribution is 0.0526. The second kappa shape index (κ2) is 7.59. The molecule has 0 saturated carbocycles. The number of hydrogen-bond donors (Lipinski definition) is 0. The molecule has 0 radical (unpaired) electrons. The summed E-state index contributed by atoms with van der Waals surface area (Å²) in [6.45, 7) is 4.20. The molecule has 8 heteroatoms. The molecule has 0 unspecified atom stereocenters. The molecule has 1 aliphatic heterocycles. The summed E-state index contributed by atoms with van der Waals surface area (Å²) >= 11 is 0. The Labute approximate surface area is 175 Å². The van der Waals surface area contributed by atoms with Crippen molar-refractivity contribution >= 4 is 21.5 Å². The number of aromatic nitrogens is 1. The van der Waals surface area contributed by atoms with Crippen molar-refractivity contribution in [1.82, 2.24) is 8.71 Å². The van der Waals surface area contributed by atoms with E-state index < -0.39 is 16.0 Å². The number of pyridine rings is 1. The van der Waals surface area contributed by atoms with Crippen molar-refractivity contribution in [2.45, 2.75) is 31.7 Å². The van der Waals surface area contributed by atoms with E-state index in [1.54, 1.807) is 49.5 Å². The molecule has 2 aromatic heterocycles. The van der Waals surface area contributed by atoms with Crippen molar-refractivity contribution < 1.29 is 17.9 Å². The Balaban J connectivity index is 1.83. The van der Waals surface area contributed by atoms with Crippen LogP contribution in [0.4, 0.5) is 0 Å². The SMILES string of the molecule is CCOC(=O)c1c2c(n3ccc(C#N)cc13)CCN(S(=O)(=O)c1ccc(C)cc1)C2. The van der Waals surface area contributed by atoms with Gasteiger partial charge in [-0.1, -0.05) is 17.7 Å². The molecule has 0 bridgehead atoms. The van der Waals surface area contributed by atoms with Gasteiger partial charge in [0, 0.05) is 37.0 Å². The van der Waals surface area contributed by atoms with Crippen molar-refractivity contribution in [3.8, 4) is 6.07 Å². The first-order chi connectivity index (χ1) is 14.4. The maximum Gasteiger partial charge on any atom is 0.340 e. The number of fused-ring (bicyclic) bond motifs is 3. The predicted molar refractivity (Wildman–Crippen MR) is 111 cm³/mol. The number of nitrogens with zero attached hydrogens (tertiary/aromatic N) is 3. The molecule has 30 heavy (non-hydrogen) atoms. The van der Waals surface area contributed by atoms with Crippen molar-refractivity contribution in [2.75, 3.05) is 13.2 Å². The van der Waals surface area contributed by atoms with Crippen LogP contribution in [0.15, 0.2) is 47.5 Å². The highest BCUT2D eigenvalue weighted by molar-refractivity contribution is 7.89. The average Bonchev–Trinajstić information content (AvgIpc) is 3.07. The lowest BCUT2D eigenvalue weighted by Gasteiger charge is -2.27. The molecular formula is C22H21N3O4S. The van der Waals surface area contributed by atoms with Crippen molar-refractivity contribution in [2.24, 2.45) is 0 Å². The fraction of sp³-hybridized carbons (Fsp3) is 0.273. The largest absolute Gasteiger partial charge is 0.462 e. The van der Waals surface area contributed by atoms with E-state index in [0.29, 0.717) is 35.2 Å². The minimum absolute atomic E-state index is 0.0727. The van der Waals surface area contributed by atoms with Gasteiger partial charge in [0.05, 0.1) is 34.2 Å². The Bertz CT molecular complexity index is 1280. The summed E-state index contributed by atoms with van der Waals surface area (Å²) in [6, 6.07) is 12.1. The summed E-state index contributed by atoms with van der Waals surface area (Å²) in [5.74, 6) is -0.513. The highest BCUT2D eigenvalue weighted by atomic mass is 32.2. The van der Waals surface area contributed by atoms with E-state index in [-0.39, 0.29) is 18.0 Å². The van der Waals surface area contributed by atoms with Gasteiger partial charge in [0.1, 0.15) is 0 Å². The molecule has 0 atom stereocenters. The fourth-order valence-electron chi connectivity index (χ4n) is 3.87. The van der Waals surface area contributed by atoms with Crippen LogP contribution < -0.4 is 0 Å². The summed E-state index contributed by atoms with van der Waals surface area (Å²) in [6.07, 6.45) is 2.20. The third-order valence-electron chi connectivity index (χ3n) is 5.35. The smallest absolute Gasteiger partial charge is 0.340 e. The molecule has 1 aromatic carbocycles. The second-order valence-electron chi connectivity index (χ2n) is 7.20. The van der Waals surface area contributed by atoms with E-state index in [4.69, 9.17) is 4.74 Å². The highest BCUT2D eigenvalue weighted by Crippen LogP contribution is 2.32. The normalized spacial score (nSPS) is 14.3. The van der Waals surface area contributed by atoms with Crippen LogP contribution in [-0.4, -0.2) is 36.2 Å². The van der Waals surface area contributed by atoms with Gasteiger partial charge in [-0.05, 0) is 38.1 Å². The predicted octanol–water partition coefficient (Wildman–Crippen LogP) is 3.04. The quantitative estimate of drug-likeness (QED) is 0.602. The van der Waals surface area contributed by atoms with Crippen LogP contribution in [-0.2, 0) is 27.7 Å². The van der Waals surface area contributed by atoms with Gasteiger partial charge in [0.15, 0.2) is 0 Å². The van der Waals surface area contributed by atoms with Gasteiger partial charge < -0.3 is 9.14 Å². The van der Waals surface area contributed by atoms with Gasteiger partial charge in [0.2, 0.25) is 10.0 Å². The van der Waals surface area contributed by atoms with Gasteiger partial charge in [-0.25, -0.2) is 13.2 Å². The molecule has 3 aromatic rings. The third-order valence-corrected chi connectivity index (χ3v) is 7.21. The Hall–Kier alpha value is -3.15. The van der Waals surface area contributed by atoms with Crippen LogP contribution in [0, 0.1) is 18.3 Å². The number of hydrogen-bond acceptors (Lipinski definition) is 5. The zero-order valence-electron chi connectivity index (χ0n) is 16.8. The first-order valence-corrected chi connectivity index (χ1v) is 11.1. The first kappa shape index (κ1) is 20.1. The molecule has 0 saturated heterocycles. The number of rotatable bonds is 4. The molecule has 0 aliphatic carbocycles. The first-order valence-electron chi connectivity index (χ1n) is 9.66. The maximum atomic E-state index is 13.2. The minimum Gasteiger partial charge on any atom is -0.462 e. The average molecular weight is 423 g/mol. The van der Waals surface area contributed by atoms with Crippen LogP contribution in [0.25, 0.3) is 5.52 Å². The summed E-state index contributed by atoms with van der Waals surface area (Å²) in [7, 11) is -3.71. The summed E-state index contributed by atoms with van der Waals surface area (Å²) < 4.78 is 34.9. The molecule has 7 nitrogen and oxygen atoms in total. The van der Waals surface area contributed by atoms with Crippen LogP contribution in [0.5, 0.6) is 0 Å². The monoisotopic (exact) mass is 423 g/mol. The number of benzene rings is 1. The number of sulfonamides is 1. The molecule has 154 valence electrons. The van der Waals surface area contributed by atoms with Crippen LogP contribution in [0.3, 0.4) is 0 Å². The van der Waals surface area contributed by atoms with Gasteiger partial charge in [-0.15, -0.1) is 0 Å². The van der Waals surface area contributed by atoms with Crippen molar-refractivity contribution in [3.63, 3.8) is 0 Å². The maximum absolute atomic E-state index is 13.2. The minimum atomic E-state index is -3.71. The van der Waals surface area contributed by atoms with E-state index in [1.807, 2.05) is 11.3 Å². The molecule has 3 heterocycles. The summed E-state index contributed by atoms with van der Waals surface area (Å²) in [5, 5.41) is 9.26. The van der Waals surface area contributed by atoms with E-state index >= 15 is 0 Å². The Kier molecular flexibility index (Phi) is 5.10. The molecular weight excluding hydrogens is 402 g/mol. The third kappa shape index (κ3) is 3.26. The Morgan fingerprint density at radius 1 is 1.23 bits per heavy atom. The number of ether oxygens (including phenoxy) is 1. The molecule has 0 spiro atoms. The molecule has 4 rings (SSSR count). The second-order valence-corrected chi connectivity index (χ2v) is 9.14. The van der Waals surface area contributed by atoms with Crippen LogP contribution >= 0.6 is 0 Å². The van der Waals surface area contributed by atoms with E-state index in [2.05, 4.69) is 6.07 Å². The number of aryl methyl sites for hydroxylation is 1. The summed E-state index contributed by atoms with van der Waals surface area (Å²) in [5.41, 5.74) is 3.79. The van der Waals surface area contributed by atoms with E-state index in [0.717, 1.165) is 11.3 Å². The highest BCUT2D eigenvalue weighted by Gasteiger charge is 2.34. The van der Waals surface area contributed by atoms with E-state index in [1.165, 1.54) is 4.31 Å². The molecule has 0 N–H and O–H groups in total. The Morgan fingerprint density at radius 2 is 1.97 bits per heavy atom. The molecule has 0 amide bonds. The standard InChI is InChI=1S/C22H21N3O4S/c1-3-29-22(26)21-18-14-24(30(27,28)17-6-4-15(2)5-7-17)10-9-19(18)25-11-8-16(13-23)12-20(21)25/h4-8,11-12H,3,9-10,14H2,1-2H3. The molecule has 0 fully saturated rings. The lowest BCUT2D eigenvalue weighted by Crippen LogP contribution is -2.36. The summed E-state index contributed by atoms with van der Waals surface area (Å²) in [4.78, 5) is 13.0. The number of carbonyl (C=O) groups excluding carboxylic acids is 1. The van der Waals surface area contributed by atoms with Gasteiger partial charge in [-0.3, -0.25) is 0 Å². The number of carbonyl (C=O) groups is 1. The fourth-order valence-corrected chi connectivity index (χ4v) is 5.27. The van der Waals surface area contributed by atoms with Crippen molar-refractivity contribution in [3.05, 3.63) is 70.5 Å². The number of esters is 1. The topological polar surface area (TPSA) is 91.9 Å². The number of nitriles is 1. The van der Waals surface area contributed by atoms with Gasteiger partial charge in [0.25, 0.3) is 0 Å². The zero-order chi connectivity index (χ0) is 21.5. The van der Waals surface area contributed by atoms with Crippen molar-refractivity contribution in [1.29, 1.82) is 5.26 Å². The lowest BCUT2D eigenvalue weighted by atomic mass is 10.0. The zero-order valence-corrected chi connectivity index (χ0v) is 17.6. The Morgan fingerprint density at radius 3 is 2.63 bits per heavy atom. The van der Waals surface area contributed by atoms with Crippen LogP contribution in [0.1, 0.15) is 39.7 Å². The van der Waals surface area contributed by atoms with Crippen LogP contribution in [0.2, 0.25) is 0 Å². The van der Waals surface area contributed by atoms with E-state index in [9.17, 15) is 18.5 Å². The molecule has 1 aliphatic rings.